The van der Waals surface area contributed by atoms with Crippen LogP contribution >= 0.6 is 0 Å². The predicted molar refractivity (Wildman–Crippen MR) is 353 cm³/mol. The van der Waals surface area contributed by atoms with Gasteiger partial charge in [0.05, 0.1) is 36.7 Å². The first-order valence-electron chi connectivity index (χ1n) is 33.0. The van der Waals surface area contributed by atoms with E-state index in [-0.39, 0.29) is 67.5 Å². The van der Waals surface area contributed by atoms with E-state index in [9.17, 15) is 56.6 Å². The van der Waals surface area contributed by atoms with Gasteiger partial charge >= 0.3 is 6.18 Å². The van der Waals surface area contributed by atoms with Crippen LogP contribution in [0.3, 0.4) is 0 Å². The zero-order valence-corrected chi connectivity index (χ0v) is 60.5. The van der Waals surface area contributed by atoms with Crippen LogP contribution in [0.15, 0.2) is 12.4 Å². The molecule has 0 fully saturated rings. The quantitative estimate of drug-likeness (QED) is 0.0399. The second-order valence-corrected chi connectivity index (χ2v) is 27.9. The van der Waals surface area contributed by atoms with E-state index in [4.69, 9.17) is 0 Å². The van der Waals surface area contributed by atoms with Crippen molar-refractivity contribution in [3.63, 3.8) is 0 Å². The molecule has 0 aromatic carbocycles. The summed E-state index contributed by atoms with van der Waals surface area (Å²) in [5.74, 6) is -8.72. The minimum atomic E-state index is -4.51. The second kappa shape index (κ2) is 38.4. The van der Waals surface area contributed by atoms with Gasteiger partial charge in [0.15, 0.2) is 11.9 Å². The number of carbonyl (C=O) groups excluding carboxylic acids is 11. The van der Waals surface area contributed by atoms with Gasteiger partial charge in [0.1, 0.15) is 48.4 Å². The third-order valence-electron chi connectivity index (χ3n) is 17.4. The maximum atomic E-state index is 15.4. The Hall–Kier alpha value is -6.39. The van der Waals surface area contributed by atoms with Gasteiger partial charge in [-0.15, -0.1) is 0 Å². The molecule has 538 valence electrons. The Morgan fingerprint density at radius 2 is 1.12 bits per heavy atom. The third-order valence-corrected chi connectivity index (χ3v) is 17.4. The first-order chi connectivity index (χ1) is 43.3. The molecule has 28 heteroatoms. The summed E-state index contributed by atoms with van der Waals surface area (Å²) >= 11 is 0. The van der Waals surface area contributed by atoms with Crippen molar-refractivity contribution in [2.75, 3.05) is 49.3 Å². The number of rotatable bonds is 40. The van der Waals surface area contributed by atoms with Crippen LogP contribution in [-0.4, -0.2) is 237 Å². The Kier molecular flexibility index (Phi) is 35.0. The fraction of sp³-hybridized carbons (Fsp3) is 0.788. The summed E-state index contributed by atoms with van der Waals surface area (Å²) in [4.78, 5) is 166. The zero-order chi connectivity index (χ0) is 72.9. The number of amides is 9. The number of nitrogens with zero attached hydrogens (tertiary/aromatic N) is 8. The van der Waals surface area contributed by atoms with Gasteiger partial charge in [-0.25, -0.2) is 4.98 Å². The van der Waals surface area contributed by atoms with Crippen LogP contribution in [0.25, 0.3) is 0 Å². The highest BCUT2D eigenvalue weighted by atomic mass is 19.4. The van der Waals surface area contributed by atoms with Gasteiger partial charge in [0.2, 0.25) is 53.2 Å². The van der Waals surface area contributed by atoms with Gasteiger partial charge in [0, 0.05) is 67.6 Å². The Morgan fingerprint density at radius 3 is 1.56 bits per heavy atom. The molecule has 1 aromatic rings. The van der Waals surface area contributed by atoms with E-state index in [0.717, 1.165) is 14.7 Å². The molecule has 9 amide bonds. The average Bonchev–Trinajstić information content (AvgIpc) is 0.877. The number of carbonyl (C=O) groups is 11. The summed E-state index contributed by atoms with van der Waals surface area (Å²) in [6.45, 7) is 28.8. The van der Waals surface area contributed by atoms with Crippen LogP contribution in [0.4, 0.5) is 13.2 Å². The highest BCUT2D eigenvalue weighted by molar-refractivity contribution is 6.01. The van der Waals surface area contributed by atoms with Crippen molar-refractivity contribution in [2.45, 2.75) is 248 Å². The van der Waals surface area contributed by atoms with E-state index in [1.807, 2.05) is 55.4 Å². The van der Waals surface area contributed by atoms with Gasteiger partial charge in [0.25, 0.3) is 0 Å². The van der Waals surface area contributed by atoms with Gasteiger partial charge in [-0.3, -0.25) is 63.9 Å². The Balaban J connectivity index is 3.94. The Morgan fingerprint density at radius 1 is 0.606 bits per heavy atom. The van der Waals surface area contributed by atoms with Crippen molar-refractivity contribution in [3.05, 3.63) is 18.2 Å². The lowest BCUT2D eigenvalue weighted by Crippen LogP contribution is -2.67. The molecule has 0 aliphatic heterocycles. The summed E-state index contributed by atoms with van der Waals surface area (Å²) in [5.41, 5.74) is -1.68. The second-order valence-electron chi connectivity index (χ2n) is 27.9. The summed E-state index contributed by atoms with van der Waals surface area (Å²) < 4.78 is 41.6. The van der Waals surface area contributed by atoms with Crippen LogP contribution in [-0.2, 0) is 65.7 Å². The minimum absolute atomic E-state index is 0.0775. The number of imide groups is 1. The first-order valence-corrected chi connectivity index (χ1v) is 33.0. The van der Waals surface area contributed by atoms with Crippen LogP contribution in [0.1, 0.15) is 162 Å². The third kappa shape index (κ3) is 24.4. The molecule has 0 aliphatic rings. The van der Waals surface area contributed by atoms with Gasteiger partial charge < -0.3 is 54.5 Å². The van der Waals surface area contributed by atoms with Crippen molar-refractivity contribution in [3.8, 4) is 0 Å². The molecule has 0 bridgehead atoms. The number of aliphatic hydroxyl groups excluding tert-OH is 1. The topological polar surface area (TPSA) is 305 Å². The summed E-state index contributed by atoms with van der Waals surface area (Å²) in [5, 5.41) is 26.4. The fourth-order valence-electron chi connectivity index (χ4n) is 11.5. The molecule has 0 spiro atoms. The average molecular weight is 1340 g/mol. The summed E-state index contributed by atoms with van der Waals surface area (Å²) in [6.07, 6.45) is -3.18. The van der Waals surface area contributed by atoms with Crippen LogP contribution < -0.4 is 26.6 Å². The largest absolute Gasteiger partial charge is 0.390 e. The standard InChI is InChI=1S/C66H116F3N13O12/c1-25-47(61(91)76(19)46(17)60(90)81(24)65(36-84,34-40(8)9)75-49(35-83)41(10)11)73-58(88)54(55(85)43(14)33-52-71-27-29-82(52)28-26-66(67,68)69)80(23)64(94)53(42(12)13)79(22)63(93)51(32-39(6)7)78(21)62(92)50(31-38(4)5)77(20)59(89)45(16)72-44(15)56(86)74-57(87)48(70-18)30-37(2)3/h27,29,35-51,53-55,70,72,75,85H,25-26,28,30-34H2,1-24H3,(H,73,88)(H,74,86,87)/t43-,44-,45+,46-,47-,48+,49-,50?,51+,53+,54+,55-,65-/m1/s1. The van der Waals surface area contributed by atoms with Crippen molar-refractivity contribution in [2.24, 2.45) is 41.4 Å². The number of aromatic nitrogens is 2. The molecule has 0 aliphatic carbocycles. The van der Waals surface area contributed by atoms with Crippen molar-refractivity contribution >= 4 is 65.7 Å². The summed E-state index contributed by atoms with van der Waals surface area (Å²) in [6, 6.07) is -11.9. The van der Waals surface area contributed by atoms with Crippen molar-refractivity contribution in [1.82, 2.24) is 65.5 Å². The smallest absolute Gasteiger partial charge is 0.390 e. The maximum Gasteiger partial charge on any atom is 0.390 e. The van der Waals surface area contributed by atoms with Gasteiger partial charge in [-0.05, 0) is 101 Å². The monoisotopic (exact) mass is 1340 g/mol. The van der Waals surface area contributed by atoms with Crippen LogP contribution in [0.5, 0.6) is 0 Å². The van der Waals surface area contributed by atoms with E-state index in [2.05, 4.69) is 31.6 Å². The number of aliphatic hydroxyl groups is 1. The lowest BCUT2D eigenvalue weighted by Gasteiger charge is -2.43. The normalized spacial score (nSPS) is 16.5. The number of nitrogens with one attached hydrogen (secondary N) is 5. The maximum absolute atomic E-state index is 15.4. The molecule has 1 rings (SSSR count). The lowest BCUT2D eigenvalue weighted by molar-refractivity contribution is -0.157. The molecule has 1 heterocycles. The predicted octanol–water partition coefficient (Wildman–Crippen LogP) is 4.03. The number of halogens is 3. The van der Waals surface area contributed by atoms with Gasteiger partial charge in [-0.1, -0.05) is 96.9 Å². The van der Waals surface area contributed by atoms with Crippen molar-refractivity contribution in [1.29, 1.82) is 0 Å². The number of alkyl halides is 3. The fourth-order valence-corrected chi connectivity index (χ4v) is 11.5. The number of likely N-dealkylation sites (N-methyl/N-ethyl adjacent to an activating group) is 7. The number of aldehydes is 2. The highest BCUT2D eigenvalue weighted by Gasteiger charge is 2.47. The lowest BCUT2D eigenvalue weighted by atomic mass is 9.91. The number of hydrogen-bond donors (Lipinski definition) is 6. The SMILES string of the molecule is CC[C@@H](NC(=O)[C@H]([C@H](O)[C@H](C)Cc1nccn1CCC(F)(F)F)N(C)C(=O)[C@H](C(C)C)N(C)C(=O)[C@H](CC(C)C)N(C)C(=O)C(CC(C)C)N(C)C(=O)[C@H](C)N[C@H](C)C(=O)NC(=O)[C@H](CC(C)C)NC)C(=O)N(C)[C@H](C)C(=O)N(C)[C@@](C=O)(CC(C)C)N[C@H](C=O)C(C)C. The van der Waals surface area contributed by atoms with Crippen molar-refractivity contribution < 1.29 is 71.0 Å². The molecule has 25 nitrogen and oxygen atoms in total. The molecule has 94 heavy (non-hydrogen) atoms. The van der Waals surface area contributed by atoms with Gasteiger partial charge in [-0.2, -0.15) is 13.2 Å². The minimum Gasteiger partial charge on any atom is -0.390 e. The molecule has 0 saturated carbocycles. The Labute approximate surface area is 556 Å². The molecular formula is C66H116F3N13O12. The van der Waals surface area contributed by atoms with Crippen LogP contribution in [0, 0.1) is 41.4 Å². The molecule has 13 atom stereocenters. The number of imidazole rings is 1. The van der Waals surface area contributed by atoms with E-state index < -0.39 is 156 Å². The molecule has 0 radical (unpaired) electrons. The summed E-state index contributed by atoms with van der Waals surface area (Å²) in [7, 11) is 9.79. The van der Waals surface area contributed by atoms with E-state index >= 15 is 14.4 Å². The Bertz CT molecular complexity index is 2670. The number of hydrogen-bond acceptors (Lipinski definition) is 16. The number of aryl methyl sites for hydroxylation is 1. The molecule has 1 aromatic heterocycles. The van der Waals surface area contributed by atoms with E-state index in [1.165, 1.54) is 102 Å². The molecule has 6 N–H and O–H groups in total. The first kappa shape index (κ1) is 85.6. The van der Waals surface area contributed by atoms with E-state index in [0.29, 0.717) is 19.0 Å². The molecule has 1 unspecified atom stereocenters. The molecular weight excluding hydrogens is 1220 g/mol. The highest BCUT2D eigenvalue weighted by Crippen LogP contribution is 2.28. The van der Waals surface area contributed by atoms with E-state index in [1.54, 1.807) is 41.7 Å². The zero-order valence-electron chi connectivity index (χ0n) is 60.5. The van der Waals surface area contributed by atoms with Crippen LogP contribution in [0.2, 0.25) is 0 Å². The molecule has 0 saturated heterocycles.